The summed E-state index contributed by atoms with van der Waals surface area (Å²) in [6.45, 7) is 26.6. The Labute approximate surface area is 384 Å². The Kier molecular flexibility index (Phi) is 15.9. The number of allylic oxidation sites excluding steroid dienone is 2. The molecule has 0 saturated heterocycles. The third-order valence-electron chi connectivity index (χ3n) is 18.9. The number of carbonyl (C=O) groups excluding carboxylic acids is 5. The van der Waals surface area contributed by atoms with Crippen molar-refractivity contribution in [3.63, 3.8) is 0 Å². The van der Waals surface area contributed by atoms with Gasteiger partial charge in [-0.05, 0) is 162 Å². The molecule has 0 aliphatic heterocycles. The number of hydrogen-bond donors (Lipinski definition) is 3. The number of aliphatic carboxylic acids is 1. The molecule has 5 saturated carbocycles. The highest BCUT2D eigenvalue weighted by atomic mass is 16.5. The minimum Gasteiger partial charge on any atom is -0.481 e. The van der Waals surface area contributed by atoms with Crippen LogP contribution >= 0.6 is 0 Å². The summed E-state index contributed by atoms with van der Waals surface area (Å²) in [5, 5.41) is 12.3. The molecular weight excluding hydrogens is 809 g/mol. The lowest BCUT2D eigenvalue weighted by molar-refractivity contribution is -0.248. The first-order valence-electron chi connectivity index (χ1n) is 24.8. The van der Waals surface area contributed by atoms with Crippen LogP contribution < -0.4 is 11.1 Å². The first kappa shape index (κ1) is 51.5. The maximum Gasteiger partial charge on any atom is 0.328 e. The molecule has 0 aromatic heterocycles. The van der Waals surface area contributed by atoms with Gasteiger partial charge in [-0.25, -0.2) is 4.79 Å². The Balaban J connectivity index is 1.19. The quantitative estimate of drug-likeness (QED) is 0.0438. The number of methoxy groups -OCH3 is 1. The number of esters is 2. The van der Waals surface area contributed by atoms with E-state index < -0.39 is 35.3 Å². The third kappa shape index (κ3) is 9.80. The van der Waals surface area contributed by atoms with Crippen LogP contribution in [0.25, 0.3) is 0 Å². The molecule has 0 aromatic carbocycles. The van der Waals surface area contributed by atoms with E-state index in [0.717, 1.165) is 102 Å². The van der Waals surface area contributed by atoms with Crippen LogP contribution in [-0.2, 0) is 38.2 Å². The molecule has 64 heavy (non-hydrogen) atoms. The van der Waals surface area contributed by atoms with Gasteiger partial charge in [0.2, 0.25) is 11.8 Å². The van der Waals surface area contributed by atoms with Crippen molar-refractivity contribution >= 4 is 35.5 Å². The number of amides is 2. The van der Waals surface area contributed by atoms with E-state index in [1.54, 1.807) is 13.8 Å². The number of carboxylic acid groups (broad SMARTS) is 1. The first-order chi connectivity index (χ1) is 29.8. The summed E-state index contributed by atoms with van der Waals surface area (Å²) in [7, 11) is 1.25. The second-order valence-corrected chi connectivity index (χ2v) is 23.2. The smallest absolute Gasteiger partial charge is 0.328 e. The van der Waals surface area contributed by atoms with Crippen LogP contribution in [0, 0.1) is 62.1 Å². The lowest BCUT2D eigenvalue weighted by Crippen LogP contribution is -2.67. The Hall–Kier alpha value is -3.50. The lowest BCUT2D eigenvalue weighted by Gasteiger charge is -2.73. The number of ketones is 1. The molecule has 11 nitrogen and oxygen atoms in total. The Bertz CT molecular complexity index is 1820. The number of primary amides is 1. The van der Waals surface area contributed by atoms with Crippen molar-refractivity contribution < 1.29 is 43.3 Å². The van der Waals surface area contributed by atoms with Crippen LogP contribution in [0.15, 0.2) is 24.3 Å². The van der Waals surface area contributed by atoms with Crippen molar-refractivity contribution in [2.75, 3.05) is 7.11 Å². The molecule has 5 aliphatic rings. The zero-order valence-corrected chi connectivity index (χ0v) is 41.1. The summed E-state index contributed by atoms with van der Waals surface area (Å²) in [6.07, 6.45) is 16.2. The monoisotopic (exact) mass is 893 g/mol. The molecule has 5 aliphatic carbocycles. The molecule has 0 unspecified atom stereocenters. The first-order valence-corrected chi connectivity index (χ1v) is 24.8. The molecule has 4 N–H and O–H groups in total. The summed E-state index contributed by atoms with van der Waals surface area (Å²) < 4.78 is 11.0. The van der Waals surface area contributed by atoms with E-state index in [-0.39, 0.29) is 64.3 Å². The van der Waals surface area contributed by atoms with E-state index in [2.05, 4.69) is 60.0 Å². The molecule has 0 heterocycles. The highest BCUT2D eigenvalue weighted by Gasteiger charge is 2.72. The summed E-state index contributed by atoms with van der Waals surface area (Å²) in [4.78, 5) is 75.6. The van der Waals surface area contributed by atoms with Crippen LogP contribution in [-0.4, -0.2) is 59.9 Å². The zero-order chi connectivity index (χ0) is 47.6. The van der Waals surface area contributed by atoms with Gasteiger partial charge < -0.3 is 25.6 Å². The molecule has 0 aromatic rings. The van der Waals surface area contributed by atoms with Crippen molar-refractivity contribution in [2.24, 2.45) is 67.8 Å². The molecule has 0 radical (unpaired) electrons. The molecule has 0 bridgehead atoms. The third-order valence-corrected chi connectivity index (χ3v) is 18.9. The SMILES string of the molecule is C=C(CCCCCCCCC(=O)N[C@@H](CCC(N)=O)C(=O)OC)C(=O)[C@]12CC[C@@H](C(=C)C)[C@@H]1[C@H]1CC[C@@H]3[C@@]4(C)CC[C@H](OC(=O)CC(C)(C)C(=O)O)C(C)(C)[C@@H]4CC[C@@]3(C)[C@]1(C)CC2. The molecule has 5 rings (SSSR count). The highest BCUT2D eigenvalue weighted by molar-refractivity contribution is 6.00. The number of ether oxygens (including phenoxy) is 2. The predicted molar refractivity (Wildman–Crippen MR) is 248 cm³/mol. The fourth-order valence-corrected chi connectivity index (χ4v) is 15.1. The molecule has 11 heteroatoms. The van der Waals surface area contributed by atoms with Gasteiger partial charge in [0.05, 0.1) is 18.9 Å². The van der Waals surface area contributed by atoms with Crippen molar-refractivity contribution in [1.82, 2.24) is 5.32 Å². The van der Waals surface area contributed by atoms with Crippen LogP contribution in [0.3, 0.4) is 0 Å². The van der Waals surface area contributed by atoms with Gasteiger partial charge in [0.25, 0.3) is 0 Å². The maximum atomic E-state index is 14.9. The van der Waals surface area contributed by atoms with Gasteiger partial charge in [0, 0.05) is 23.7 Å². The molecule has 0 spiro atoms. The van der Waals surface area contributed by atoms with E-state index in [1.807, 2.05) is 0 Å². The van der Waals surface area contributed by atoms with Gasteiger partial charge in [-0.2, -0.15) is 0 Å². The molecular formula is C53H84N2O9. The number of fused-ring (bicyclic) bond motifs is 7. The summed E-state index contributed by atoms with van der Waals surface area (Å²) in [6, 6.07) is -0.883. The second kappa shape index (κ2) is 19.8. The summed E-state index contributed by atoms with van der Waals surface area (Å²) >= 11 is 0. The Morgan fingerprint density at radius 1 is 0.781 bits per heavy atom. The number of unbranched alkanes of at least 4 members (excludes halogenated alkanes) is 5. The van der Waals surface area contributed by atoms with E-state index in [4.69, 9.17) is 15.2 Å². The molecule has 2 amide bonds. The molecule has 5 fully saturated rings. The fraction of sp³-hybridized carbons (Fsp3) is 0.811. The van der Waals surface area contributed by atoms with Gasteiger partial charge in [-0.1, -0.05) is 79.0 Å². The average Bonchev–Trinajstić information content (AvgIpc) is 3.62. The Morgan fingerprint density at radius 2 is 1.42 bits per heavy atom. The number of rotatable bonds is 21. The number of hydrogen-bond acceptors (Lipinski definition) is 8. The van der Waals surface area contributed by atoms with E-state index in [9.17, 15) is 33.9 Å². The fourth-order valence-electron chi connectivity index (χ4n) is 15.1. The number of nitrogens with one attached hydrogen (secondary N) is 1. The normalized spacial score (nSPS) is 34.4. The minimum atomic E-state index is -1.17. The standard InChI is InChI=1S/C53H84N2O9/c1-33(2)35-24-29-53(45(59)34(3)18-16-14-12-13-15-17-19-42(57)55-37(46(60)63-11)21-23-41(54)56)31-30-51(9)36(44(35)53)20-22-39-50(8)27-26-40(64-43(58)32-48(4,5)47(61)62)49(6,7)38(50)25-28-52(39,51)10/h35-40,44H,1,3,12-32H2,2,4-11H3,(H2,54,56)(H,55,57)(H,61,62)/t35-,36+,37-,38-,39+,40-,44+,50-,51+,52+,53-/m0/s1. The van der Waals surface area contributed by atoms with Gasteiger partial charge >= 0.3 is 17.9 Å². The van der Waals surface area contributed by atoms with Crippen molar-refractivity contribution in [1.29, 1.82) is 0 Å². The second-order valence-electron chi connectivity index (χ2n) is 23.2. The van der Waals surface area contributed by atoms with Crippen molar-refractivity contribution in [3.05, 3.63) is 24.3 Å². The van der Waals surface area contributed by atoms with E-state index >= 15 is 0 Å². The number of Topliss-reactive ketones (excluding diaryl/α,β-unsaturated/α-hetero) is 1. The molecule has 11 atom stereocenters. The zero-order valence-electron chi connectivity index (χ0n) is 41.1. The summed E-state index contributed by atoms with van der Waals surface area (Å²) in [5.74, 6) is -0.575. The predicted octanol–water partition coefficient (Wildman–Crippen LogP) is 10.2. The number of carbonyl (C=O) groups is 6. The summed E-state index contributed by atoms with van der Waals surface area (Å²) in [5.41, 5.74) is 5.65. The van der Waals surface area contributed by atoms with Gasteiger partial charge in [-0.3, -0.25) is 24.0 Å². The van der Waals surface area contributed by atoms with Crippen LogP contribution in [0.5, 0.6) is 0 Å². The van der Waals surface area contributed by atoms with E-state index in [0.29, 0.717) is 48.7 Å². The molecule has 360 valence electrons. The van der Waals surface area contributed by atoms with Crippen LogP contribution in [0.2, 0.25) is 0 Å². The maximum absolute atomic E-state index is 14.9. The van der Waals surface area contributed by atoms with E-state index in [1.165, 1.54) is 12.7 Å². The van der Waals surface area contributed by atoms with Crippen molar-refractivity contribution in [2.45, 2.75) is 202 Å². The minimum absolute atomic E-state index is 0.0142. The lowest BCUT2D eigenvalue weighted by atomic mass is 9.32. The highest BCUT2D eigenvalue weighted by Crippen LogP contribution is 2.78. The number of carboxylic acids is 1. The van der Waals surface area contributed by atoms with Gasteiger partial charge in [-0.15, -0.1) is 0 Å². The van der Waals surface area contributed by atoms with Gasteiger partial charge in [0.1, 0.15) is 12.1 Å². The van der Waals surface area contributed by atoms with Crippen LogP contribution in [0.1, 0.15) is 190 Å². The number of nitrogens with two attached hydrogens (primary N) is 1. The largest absolute Gasteiger partial charge is 0.481 e. The average molecular weight is 893 g/mol. The van der Waals surface area contributed by atoms with Crippen molar-refractivity contribution in [3.8, 4) is 0 Å². The topological polar surface area (TPSA) is 179 Å². The Morgan fingerprint density at radius 3 is 2.03 bits per heavy atom. The van der Waals surface area contributed by atoms with Crippen LogP contribution in [0.4, 0.5) is 0 Å². The van der Waals surface area contributed by atoms with Gasteiger partial charge in [0.15, 0.2) is 5.78 Å².